The van der Waals surface area contributed by atoms with Crippen molar-refractivity contribution in [2.75, 3.05) is 12.4 Å². The van der Waals surface area contributed by atoms with Gasteiger partial charge in [-0.3, -0.25) is 14.5 Å². The third-order valence-electron chi connectivity index (χ3n) is 3.88. The lowest BCUT2D eigenvalue weighted by molar-refractivity contribution is -0.146. The molecule has 1 aromatic heterocycles. The number of nitrogens with zero attached hydrogens (tertiary/aromatic N) is 3. The Bertz CT molecular complexity index is 530. The van der Waals surface area contributed by atoms with Crippen molar-refractivity contribution in [3.05, 3.63) is 12.4 Å². The first-order valence-electron chi connectivity index (χ1n) is 7.72. The molecule has 7 heteroatoms. The van der Waals surface area contributed by atoms with Gasteiger partial charge in [-0.05, 0) is 39.5 Å². The second-order valence-corrected chi connectivity index (χ2v) is 5.97. The van der Waals surface area contributed by atoms with E-state index in [0.717, 1.165) is 31.4 Å². The van der Waals surface area contributed by atoms with Gasteiger partial charge in [0.15, 0.2) is 5.96 Å². The molecule has 2 rings (SSSR count). The van der Waals surface area contributed by atoms with E-state index in [4.69, 9.17) is 10.5 Å². The van der Waals surface area contributed by atoms with Crippen molar-refractivity contribution in [1.29, 1.82) is 0 Å². The number of rotatable bonds is 4. The van der Waals surface area contributed by atoms with Gasteiger partial charge in [0.25, 0.3) is 0 Å². The molecule has 0 unspecified atom stereocenters. The Balaban J connectivity index is 1.91. The predicted molar refractivity (Wildman–Crippen MR) is 85.6 cm³/mol. The van der Waals surface area contributed by atoms with Crippen molar-refractivity contribution < 1.29 is 9.53 Å². The Morgan fingerprint density at radius 2 is 2.14 bits per heavy atom. The number of aromatic nitrogens is 2. The SMILES string of the molecule is COC(=O)C1CCC(n2cc(NC(N)=NC(C)C)cn2)CC1. The van der Waals surface area contributed by atoms with E-state index in [2.05, 4.69) is 15.4 Å². The molecule has 0 saturated heterocycles. The number of ether oxygens (including phenoxy) is 1. The maximum atomic E-state index is 11.5. The topological polar surface area (TPSA) is 94.5 Å². The summed E-state index contributed by atoms with van der Waals surface area (Å²) >= 11 is 0. The summed E-state index contributed by atoms with van der Waals surface area (Å²) in [6, 6.07) is 0.468. The molecule has 0 atom stereocenters. The van der Waals surface area contributed by atoms with E-state index in [9.17, 15) is 4.79 Å². The number of hydrogen-bond donors (Lipinski definition) is 2. The summed E-state index contributed by atoms with van der Waals surface area (Å²) in [7, 11) is 1.45. The van der Waals surface area contributed by atoms with Crippen LogP contribution in [0.25, 0.3) is 0 Å². The van der Waals surface area contributed by atoms with Gasteiger partial charge >= 0.3 is 5.97 Å². The van der Waals surface area contributed by atoms with Gasteiger partial charge in [0.2, 0.25) is 0 Å². The number of nitrogens with two attached hydrogens (primary N) is 1. The van der Waals surface area contributed by atoms with Gasteiger partial charge in [0.1, 0.15) is 0 Å². The maximum absolute atomic E-state index is 11.5. The van der Waals surface area contributed by atoms with Crippen molar-refractivity contribution in [2.45, 2.75) is 51.6 Å². The number of aliphatic imine (C=N–C) groups is 1. The van der Waals surface area contributed by atoms with E-state index in [-0.39, 0.29) is 17.9 Å². The van der Waals surface area contributed by atoms with Gasteiger partial charge < -0.3 is 15.8 Å². The van der Waals surface area contributed by atoms with Gasteiger partial charge in [0.05, 0.1) is 31.0 Å². The second-order valence-electron chi connectivity index (χ2n) is 5.97. The minimum Gasteiger partial charge on any atom is -0.469 e. The summed E-state index contributed by atoms with van der Waals surface area (Å²) in [4.78, 5) is 15.8. The van der Waals surface area contributed by atoms with Gasteiger partial charge in [-0.15, -0.1) is 0 Å². The van der Waals surface area contributed by atoms with Crippen LogP contribution in [0.4, 0.5) is 5.69 Å². The fourth-order valence-corrected chi connectivity index (χ4v) is 2.80. The fourth-order valence-electron chi connectivity index (χ4n) is 2.80. The molecule has 0 radical (unpaired) electrons. The highest BCUT2D eigenvalue weighted by Gasteiger charge is 2.28. The molecule has 1 aromatic rings. The van der Waals surface area contributed by atoms with Gasteiger partial charge in [-0.1, -0.05) is 0 Å². The number of hydrogen-bond acceptors (Lipinski definition) is 4. The Morgan fingerprint density at radius 3 is 2.73 bits per heavy atom. The molecule has 1 aliphatic rings. The molecule has 0 aliphatic heterocycles. The summed E-state index contributed by atoms with van der Waals surface area (Å²) < 4.78 is 6.75. The van der Waals surface area contributed by atoms with Gasteiger partial charge in [-0.25, -0.2) is 0 Å². The van der Waals surface area contributed by atoms with Crippen LogP contribution in [0.15, 0.2) is 17.4 Å². The average Bonchev–Trinajstić information content (AvgIpc) is 2.94. The number of guanidine groups is 1. The molecule has 0 bridgehead atoms. The quantitative estimate of drug-likeness (QED) is 0.503. The predicted octanol–water partition coefficient (Wildman–Crippen LogP) is 1.92. The van der Waals surface area contributed by atoms with Gasteiger partial charge in [0, 0.05) is 12.2 Å². The van der Waals surface area contributed by atoms with Crippen molar-refractivity contribution >= 4 is 17.6 Å². The molecular formula is C15H25N5O2. The first-order valence-corrected chi connectivity index (χ1v) is 7.72. The highest BCUT2D eigenvalue weighted by Crippen LogP contribution is 2.32. The van der Waals surface area contributed by atoms with Crippen LogP contribution in [0.1, 0.15) is 45.6 Å². The number of esters is 1. The van der Waals surface area contributed by atoms with E-state index in [1.807, 2.05) is 24.7 Å². The van der Waals surface area contributed by atoms with Crippen LogP contribution in [-0.2, 0) is 9.53 Å². The van der Waals surface area contributed by atoms with Crippen LogP contribution in [0.2, 0.25) is 0 Å². The van der Waals surface area contributed by atoms with Crippen molar-refractivity contribution in [3.63, 3.8) is 0 Å². The monoisotopic (exact) mass is 307 g/mol. The molecule has 0 aromatic carbocycles. The number of methoxy groups -OCH3 is 1. The molecule has 7 nitrogen and oxygen atoms in total. The zero-order valence-electron chi connectivity index (χ0n) is 13.5. The minimum absolute atomic E-state index is 0.0308. The standard InChI is InChI=1S/C15H25N5O2/c1-10(2)18-15(16)19-12-8-17-20(9-12)13-6-4-11(5-7-13)14(21)22-3/h8-11,13H,4-7H2,1-3H3,(H3,16,18,19). The highest BCUT2D eigenvalue weighted by molar-refractivity contribution is 5.92. The summed E-state index contributed by atoms with van der Waals surface area (Å²) in [5, 5.41) is 7.43. The minimum atomic E-state index is -0.0982. The normalized spacial score (nSPS) is 22.6. The van der Waals surface area contributed by atoms with Crippen LogP contribution < -0.4 is 11.1 Å². The van der Waals surface area contributed by atoms with Crippen LogP contribution in [0.3, 0.4) is 0 Å². The number of anilines is 1. The van der Waals surface area contributed by atoms with E-state index >= 15 is 0 Å². The molecule has 122 valence electrons. The van der Waals surface area contributed by atoms with Crippen molar-refractivity contribution in [2.24, 2.45) is 16.6 Å². The lowest BCUT2D eigenvalue weighted by Gasteiger charge is -2.26. The highest BCUT2D eigenvalue weighted by atomic mass is 16.5. The van der Waals surface area contributed by atoms with Crippen LogP contribution in [0, 0.1) is 5.92 Å². The van der Waals surface area contributed by atoms with Crippen molar-refractivity contribution in [1.82, 2.24) is 9.78 Å². The van der Waals surface area contributed by atoms with E-state index in [1.54, 1.807) is 6.20 Å². The summed E-state index contributed by atoms with van der Waals surface area (Å²) in [5.41, 5.74) is 6.64. The van der Waals surface area contributed by atoms with Crippen LogP contribution >= 0.6 is 0 Å². The molecule has 1 fully saturated rings. The molecule has 0 amide bonds. The van der Waals surface area contributed by atoms with E-state index < -0.39 is 0 Å². The molecular weight excluding hydrogens is 282 g/mol. The number of carbonyl (C=O) groups is 1. The van der Waals surface area contributed by atoms with Crippen LogP contribution in [0.5, 0.6) is 0 Å². The maximum Gasteiger partial charge on any atom is 0.308 e. The smallest absolute Gasteiger partial charge is 0.308 e. The zero-order valence-corrected chi connectivity index (χ0v) is 13.5. The largest absolute Gasteiger partial charge is 0.469 e. The van der Waals surface area contributed by atoms with Crippen LogP contribution in [-0.4, -0.2) is 34.9 Å². The number of nitrogens with one attached hydrogen (secondary N) is 1. The Labute approximate surface area is 130 Å². The molecule has 0 spiro atoms. The Morgan fingerprint density at radius 1 is 1.45 bits per heavy atom. The molecule has 1 aliphatic carbocycles. The number of carbonyl (C=O) groups excluding carboxylic acids is 1. The Kier molecular flexibility index (Phi) is 5.41. The average molecular weight is 307 g/mol. The molecule has 1 heterocycles. The first kappa shape index (κ1) is 16.3. The van der Waals surface area contributed by atoms with E-state index in [0.29, 0.717) is 12.0 Å². The fraction of sp³-hybridized carbons (Fsp3) is 0.667. The summed E-state index contributed by atoms with van der Waals surface area (Å²) in [5.74, 6) is 0.325. The van der Waals surface area contributed by atoms with E-state index in [1.165, 1.54) is 7.11 Å². The summed E-state index contributed by atoms with van der Waals surface area (Å²) in [6.45, 7) is 3.94. The molecule has 22 heavy (non-hydrogen) atoms. The third kappa shape index (κ3) is 4.22. The lowest BCUT2D eigenvalue weighted by Crippen LogP contribution is -2.25. The lowest BCUT2D eigenvalue weighted by atomic mass is 9.86. The van der Waals surface area contributed by atoms with Crippen molar-refractivity contribution in [3.8, 4) is 0 Å². The van der Waals surface area contributed by atoms with Gasteiger partial charge in [-0.2, -0.15) is 5.10 Å². The Hall–Kier alpha value is -2.05. The molecule has 1 saturated carbocycles. The first-order chi connectivity index (χ1) is 10.5. The summed E-state index contributed by atoms with van der Waals surface area (Å²) in [6.07, 6.45) is 7.22. The third-order valence-corrected chi connectivity index (χ3v) is 3.88. The zero-order chi connectivity index (χ0) is 16.1. The second kappa shape index (κ2) is 7.29. The molecule has 3 N–H and O–H groups in total.